The van der Waals surface area contributed by atoms with Crippen LogP contribution in [0.1, 0.15) is 299 Å². The van der Waals surface area contributed by atoms with Crippen LogP contribution in [0.3, 0.4) is 0 Å². The summed E-state index contributed by atoms with van der Waals surface area (Å²) >= 11 is 0. The number of hydrogen-bond donors (Lipinski definition) is 3. The van der Waals surface area contributed by atoms with Crippen molar-refractivity contribution in [1.82, 2.24) is 0 Å². The van der Waals surface area contributed by atoms with Gasteiger partial charge in [0.05, 0.1) is 26.4 Å². The van der Waals surface area contributed by atoms with E-state index in [2.05, 4.69) is 55.4 Å². The smallest absolute Gasteiger partial charge is 0.462 e. The van der Waals surface area contributed by atoms with Gasteiger partial charge in [0.2, 0.25) is 0 Å². The largest absolute Gasteiger partial charge is 0.472 e. The standard InChI is InChI=1S/C63H122O17P2/c1-9-56(8)42-34-26-16-12-10-11-13-17-29-37-45-62(67)79-58(50-74-61(66)44-36-28-21-19-24-32-40-54(4)5)51-77-81(69,70)75-47-57(64)48-76-82(71,72)78-52-59(80-63(68)46-38-30-22-20-25-33-41-55(6)7)49-73-60(65)43-35-27-18-14-15-23-31-39-53(2)3/h53-59,64H,9-52H2,1-8H3,(H,69,70)(H,71,72)/t56?,57?,58-,59-/m1/s1. The fourth-order valence-corrected chi connectivity index (χ4v) is 10.8. The zero-order valence-corrected chi connectivity index (χ0v) is 54.9. The minimum atomic E-state index is -4.94. The summed E-state index contributed by atoms with van der Waals surface area (Å²) in [6, 6.07) is 0. The van der Waals surface area contributed by atoms with Crippen LogP contribution in [0, 0.1) is 23.7 Å². The highest BCUT2D eigenvalue weighted by molar-refractivity contribution is 7.47. The maximum Gasteiger partial charge on any atom is 0.472 e. The summed E-state index contributed by atoms with van der Waals surface area (Å²) in [5, 5.41) is 10.5. The lowest BCUT2D eigenvalue weighted by atomic mass is 9.99. The molecule has 0 aromatic rings. The molecule has 0 amide bonds. The quantitative estimate of drug-likeness (QED) is 0.0222. The van der Waals surface area contributed by atoms with Gasteiger partial charge in [-0.1, -0.05) is 248 Å². The first-order valence-corrected chi connectivity index (χ1v) is 35.7. The van der Waals surface area contributed by atoms with Crippen molar-refractivity contribution in [2.45, 2.75) is 318 Å². The van der Waals surface area contributed by atoms with Crippen molar-refractivity contribution in [2.24, 2.45) is 23.7 Å². The molecule has 0 aliphatic carbocycles. The molecular weight excluding hydrogens is 1090 g/mol. The lowest BCUT2D eigenvalue weighted by Gasteiger charge is -2.21. The van der Waals surface area contributed by atoms with Crippen LogP contribution in [0.2, 0.25) is 0 Å². The predicted molar refractivity (Wildman–Crippen MR) is 326 cm³/mol. The molecule has 0 saturated heterocycles. The molecule has 82 heavy (non-hydrogen) atoms. The molecule has 0 aliphatic heterocycles. The second-order valence-corrected chi connectivity index (χ2v) is 27.4. The fraction of sp³-hybridized carbons (Fsp3) is 0.937. The maximum atomic E-state index is 13.0. The van der Waals surface area contributed by atoms with Crippen LogP contribution >= 0.6 is 15.6 Å². The number of aliphatic hydroxyl groups is 1. The van der Waals surface area contributed by atoms with Crippen LogP contribution in [0.15, 0.2) is 0 Å². The summed E-state index contributed by atoms with van der Waals surface area (Å²) in [6.07, 6.45) is 32.4. The zero-order chi connectivity index (χ0) is 61.1. The number of esters is 4. The zero-order valence-electron chi connectivity index (χ0n) is 53.1. The molecule has 0 saturated carbocycles. The van der Waals surface area contributed by atoms with E-state index in [-0.39, 0.29) is 25.7 Å². The molecule has 0 aromatic carbocycles. The van der Waals surface area contributed by atoms with Crippen molar-refractivity contribution in [3.63, 3.8) is 0 Å². The van der Waals surface area contributed by atoms with Gasteiger partial charge in [0, 0.05) is 25.7 Å². The van der Waals surface area contributed by atoms with E-state index < -0.39 is 97.5 Å². The molecule has 486 valence electrons. The van der Waals surface area contributed by atoms with E-state index >= 15 is 0 Å². The molecular formula is C63H122O17P2. The van der Waals surface area contributed by atoms with Crippen molar-refractivity contribution in [3.05, 3.63) is 0 Å². The molecule has 0 spiro atoms. The minimum absolute atomic E-state index is 0.101. The van der Waals surface area contributed by atoms with Gasteiger partial charge in [-0.3, -0.25) is 37.3 Å². The van der Waals surface area contributed by atoms with Gasteiger partial charge in [-0.05, 0) is 49.4 Å². The summed E-state index contributed by atoms with van der Waals surface area (Å²) < 4.78 is 67.9. The number of ether oxygens (including phenoxy) is 4. The number of phosphoric ester groups is 2. The molecule has 0 fully saturated rings. The molecule has 19 heteroatoms. The summed E-state index contributed by atoms with van der Waals surface area (Å²) in [6.45, 7) is 13.9. The Bertz CT molecular complexity index is 1650. The third kappa shape index (κ3) is 55.9. The molecule has 0 heterocycles. The normalized spacial score (nSPS) is 14.8. The van der Waals surface area contributed by atoms with E-state index in [0.717, 1.165) is 109 Å². The minimum Gasteiger partial charge on any atom is -0.462 e. The van der Waals surface area contributed by atoms with E-state index in [1.807, 2.05) is 0 Å². The van der Waals surface area contributed by atoms with Crippen molar-refractivity contribution in [1.29, 1.82) is 0 Å². The summed E-state index contributed by atoms with van der Waals surface area (Å²) in [5.41, 5.74) is 0. The van der Waals surface area contributed by atoms with Gasteiger partial charge in [-0.25, -0.2) is 9.13 Å². The van der Waals surface area contributed by atoms with Crippen molar-refractivity contribution in [3.8, 4) is 0 Å². The topological polar surface area (TPSA) is 237 Å². The second-order valence-electron chi connectivity index (χ2n) is 24.5. The molecule has 0 bridgehead atoms. The van der Waals surface area contributed by atoms with Crippen molar-refractivity contribution < 1.29 is 80.2 Å². The van der Waals surface area contributed by atoms with Crippen LogP contribution in [-0.2, 0) is 65.4 Å². The molecule has 0 aromatic heterocycles. The SMILES string of the molecule is CCC(C)CCCCCCCCCCCCC(=O)O[C@H](COC(=O)CCCCCCCCC(C)C)COP(=O)(O)OCC(O)COP(=O)(O)OC[C@@H](COC(=O)CCCCCCCCCC(C)C)OC(=O)CCCCCCCCC(C)C. The van der Waals surface area contributed by atoms with Gasteiger partial charge < -0.3 is 33.8 Å². The summed E-state index contributed by atoms with van der Waals surface area (Å²) in [4.78, 5) is 72.1. The predicted octanol–water partition coefficient (Wildman–Crippen LogP) is 17.0. The average Bonchev–Trinajstić information content (AvgIpc) is 3.45. The molecule has 6 atom stereocenters. The van der Waals surface area contributed by atoms with Gasteiger partial charge in [0.25, 0.3) is 0 Å². The summed E-state index contributed by atoms with van der Waals surface area (Å²) in [5.74, 6) is 0.711. The van der Waals surface area contributed by atoms with Crippen molar-refractivity contribution >= 4 is 39.5 Å². The fourth-order valence-electron chi connectivity index (χ4n) is 9.22. The molecule has 17 nitrogen and oxygen atoms in total. The summed E-state index contributed by atoms with van der Waals surface area (Å²) in [7, 11) is -9.89. The van der Waals surface area contributed by atoms with Crippen LogP contribution in [-0.4, -0.2) is 96.7 Å². The van der Waals surface area contributed by atoms with Crippen LogP contribution in [0.5, 0.6) is 0 Å². The number of carbonyl (C=O) groups is 4. The van der Waals surface area contributed by atoms with Gasteiger partial charge >= 0.3 is 39.5 Å². The maximum absolute atomic E-state index is 13.0. The Balaban J connectivity index is 5.23. The van der Waals surface area contributed by atoms with E-state index in [1.54, 1.807) is 0 Å². The van der Waals surface area contributed by atoms with Gasteiger partial charge in [0.15, 0.2) is 12.2 Å². The van der Waals surface area contributed by atoms with Gasteiger partial charge in [0.1, 0.15) is 19.3 Å². The Labute approximate surface area is 498 Å². The van der Waals surface area contributed by atoms with Crippen molar-refractivity contribution in [2.75, 3.05) is 39.6 Å². The molecule has 0 rings (SSSR count). The highest BCUT2D eigenvalue weighted by atomic mass is 31.2. The molecule has 0 radical (unpaired) electrons. The molecule has 4 unspecified atom stereocenters. The highest BCUT2D eigenvalue weighted by Gasteiger charge is 2.30. The Morgan fingerprint density at radius 1 is 0.341 bits per heavy atom. The average molecular weight is 1210 g/mol. The highest BCUT2D eigenvalue weighted by Crippen LogP contribution is 2.45. The van der Waals surface area contributed by atoms with Crippen LogP contribution in [0.25, 0.3) is 0 Å². The Kier molecular flexibility index (Phi) is 52.0. The number of carbonyl (C=O) groups excluding carboxylic acids is 4. The second kappa shape index (κ2) is 53.3. The number of hydrogen-bond acceptors (Lipinski definition) is 15. The third-order valence-corrected chi connectivity index (χ3v) is 16.6. The van der Waals surface area contributed by atoms with Gasteiger partial charge in [-0.2, -0.15) is 0 Å². The first-order valence-electron chi connectivity index (χ1n) is 32.7. The first kappa shape index (κ1) is 80.1. The van der Waals surface area contributed by atoms with E-state index in [9.17, 15) is 43.2 Å². The van der Waals surface area contributed by atoms with E-state index in [0.29, 0.717) is 43.4 Å². The lowest BCUT2D eigenvalue weighted by molar-refractivity contribution is -0.161. The number of phosphoric acid groups is 2. The molecule has 0 aliphatic rings. The van der Waals surface area contributed by atoms with Crippen LogP contribution < -0.4 is 0 Å². The number of unbranched alkanes of at least 4 members (excludes halogenated alkanes) is 25. The van der Waals surface area contributed by atoms with Crippen LogP contribution in [0.4, 0.5) is 0 Å². The van der Waals surface area contributed by atoms with E-state index in [1.165, 1.54) is 89.9 Å². The Morgan fingerprint density at radius 3 is 0.866 bits per heavy atom. The van der Waals surface area contributed by atoms with Gasteiger partial charge in [-0.15, -0.1) is 0 Å². The Hall–Kier alpha value is -1.94. The van der Waals surface area contributed by atoms with E-state index in [4.69, 9.17) is 37.0 Å². The number of rotatable bonds is 60. The number of aliphatic hydroxyl groups excluding tert-OH is 1. The molecule has 3 N–H and O–H groups in total. The Morgan fingerprint density at radius 2 is 0.585 bits per heavy atom. The monoisotopic (exact) mass is 1210 g/mol. The third-order valence-electron chi connectivity index (χ3n) is 14.7. The first-order chi connectivity index (χ1) is 39.1. The lowest BCUT2D eigenvalue weighted by Crippen LogP contribution is -2.30.